The lowest BCUT2D eigenvalue weighted by atomic mass is 10.2. The number of rotatable bonds is 5. The highest BCUT2D eigenvalue weighted by molar-refractivity contribution is 7.80. The van der Waals surface area contributed by atoms with Crippen molar-refractivity contribution in [3.63, 3.8) is 0 Å². The van der Waals surface area contributed by atoms with E-state index in [-0.39, 0.29) is 6.42 Å². The molecule has 0 spiro atoms. The molecule has 2 aromatic rings. The number of nitrogens with zero attached hydrogens (tertiary/aromatic N) is 1. The Morgan fingerprint density at radius 1 is 1.44 bits per heavy atom. The molecule has 0 fully saturated rings. The third kappa shape index (κ3) is 3.34. The summed E-state index contributed by atoms with van der Waals surface area (Å²) in [6.07, 6.45) is 1.14. The van der Waals surface area contributed by atoms with Crippen LogP contribution in [0.3, 0.4) is 0 Å². The highest BCUT2D eigenvalue weighted by atomic mass is 32.1. The molecule has 18 heavy (non-hydrogen) atoms. The predicted molar refractivity (Wildman–Crippen MR) is 77.5 cm³/mol. The van der Waals surface area contributed by atoms with Gasteiger partial charge in [0.15, 0.2) is 0 Å². The van der Waals surface area contributed by atoms with Crippen molar-refractivity contribution in [1.82, 2.24) is 4.98 Å². The van der Waals surface area contributed by atoms with Crippen molar-refractivity contribution in [1.29, 1.82) is 0 Å². The van der Waals surface area contributed by atoms with Crippen LogP contribution < -0.4 is 0 Å². The van der Waals surface area contributed by atoms with Gasteiger partial charge in [-0.05, 0) is 31.0 Å². The molecule has 2 rings (SSSR count). The first-order chi connectivity index (χ1) is 8.54. The number of benzene rings is 1. The Hall–Kier alpha value is -1.33. The molecule has 0 aliphatic rings. The first-order valence-corrected chi connectivity index (χ1v) is 6.86. The van der Waals surface area contributed by atoms with E-state index in [9.17, 15) is 4.79 Å². The smallest absolute Gasteiger partial charge is 0.303 e. The van der Waals surface area contributed by atoms with Gasteiger partial charge in [-0.15, -0.1) is 11.3 Å². The number of aryl methyl sites for hydroxylation is 1. The molecular formula is C13H13NO2S2. The Bertz CT molecular complexity index is 604. The molecule has 0 atom stereocenters. The zero-order chi connectivity index (χ0) is 13.1. The monoisotopic (exact) mass is 279 g/mol. The lowest BCUT2D eigenvalue weighted by Crippen LogP contribution is -2.03. The fourth-order valence-electron chi connectivity index (χ4n) is 1.66. The van der Waals surface area contributed by atoms with Crippen LogP contribution in [0.2, 0.25) is 0 Å². The number of fused-ring (bicyclic) bond motifs is 1. The van der Waals surface area contributed by atoms with Crippen LogP contribution in [0.5, 0.6) is 0 Å². The highest BCUT2D eigenvalue weighted by Crippen LogP contribution is 2.24. The number of carboxylic acid groups (broad SMARTS) is 1. The van der Waals surface area contributed by atoms with Crippen molar-refractivity contribution in [3.8, 4) is 0 Å². The Balaban J connectivity index is 2.07. The fourth-order valence-corrected chi connectivity index (χ4v) is 3.10. The Morgan fingerprint density at radius 3 is 2.94 bits per heavy atom. The molecule has 0 aliphatic carbocycles. The summed E-state index contributed by atoms with van der Waals surface area (Å²) in [7, 11) is 0. The van der Waals surface area contributed by atoms with Crippen molar-refractivity contribution in [2.45, 2.75) is 26.2 Å². The number of hydrogen-bond acceptors (Lipinski definition) is 4. The molecule has 0 aliphatic heterocycles. The van der Waals surface area contributed by atoms with Crippen LogP contribution in [0, 0.1) is 6.92 Å². The summed E-state index contributed by atoms with van der Waals surface area (Å²) in [4.78, 5) is 15.7. The van der Waals surface area contributed by atoms with Crippen LogP contribution in [-0.4, -0.2) is 20.9 Å². The largest absolute Gasteiger partial charge is 0.481 e. The van der Waals surface area contributed by atoms with Crippen LogP contribution in [0.1, 0.15) is 23.4 Å². The fraction of sp³-hybridized carbons (Fsp3) is 0.308. The second-order valence-electron chi connectivity index (χ2n) is 4.19. The van der Waals surface area contributed by atoms with E-state index in [4.69, 9.17) is 17.3 Å². The average molecular weight is 279 g/mol. The van der Waals surface area contributed by atoms with E-state index in [1.54, 1.807) is 11.3 Å². The second-order valence-corrected chi connectivity index (χ2v) is 5.88. The van der Waals surface area contributed by atoms with E-state index in [1.165, 1.54) is 5.56 Å². The summed E-state index contributed by atoms with van der Waals surface area (Å²) in [6.45, 7) is 2.05. The molecular weight excluding hydrogens is 266 g/mol. The third-order valence-corrected chi connectivity index (χ3v) is 3.92. The second kappa shape index (κ2) is 5.54. The SMILES string of the molecule is Cc1ccc2nc(CC(=S)CCC(=O)O)sc2c1. The van der Waals surface area contributed by atoms with Crippen LogP contribution in [0.15, 0.2) is 18.2 Å². The van der Waals surface area contributed by atoms with Gasteiger partial charge < -0.3 is 5.11 Å². The number of thiazole rings is 1. The van der Waals surface area contributed by atoms with Crippen molar-refractivity contribution in [2.75, 3.05) is 0 Å². The number of thiocarbonyl (C=S) groups is 1. The van der Waals surface area contributed by atoms with Gasteiger partial charge in [-0.3, -0.25) is 4.79 Å². The molecule has 1 aromatic heterocycles. The van der Waals surface area contributed by atoms with E-state index in [2.05, 4.69) is 18.0 Å². The summed E-state index contributed by atoms with van der Waals surface area (Å²) >= 11 is 6.82. The van der Waals surface area contributed by atoms with Gasteiger partial charge in [-0.25, -0.2) is 4.98 Å². The zero-order valence-electron chi connectivity index (χ0n) is 9.97. The third-order valence-electron chi connectivity index (χ3n) is 2.55. The van der Waals surface area contributed by atoms with E-state index in [0.29, 0.717) is 12.8 Å². The summed E-state index contributed by atoms with van der Waals surface area (Å²) in [5, 5.41) is 9.56. The van der Waals surface area contributed by atoms with Crippen LogP contribution >= 0.6 is 23.6 Å². The minimum atomic E-state index is -0.808. The summed E-state index contributed by atoms with van der Waals surface area (Å²) in [6, 6.07) is 6.15. The number of carbonyl (C=O) groups is 1. The summed E-state index contributed by atoms with van der Waals surface area (Å²) in [5.74, 6) is -0.808. The van der Waals surface area contributed by atoms with Gasteiger partial charge in [0.05, 0.1) is 15.2 Å². The predicted octanol–water partition coefficient (Wildman–Crippen LogP) is 3.38. The first kappa shape index (κ1) is 13.1. The van der Waals surface area contributed by atoms with Crippen molar-refractivity contribution in [3.05, 3.63) is 28.8 Å². The van der Waals surface area contributed by atoms with Crippen molar-refractivity contribution >= 4 is 44.6 Å². The van der Waals surface area contributed by atoms with E-state index >= 15 is 0 Å². The molecule has 0 unspecified atom stereocenters. The molecule has 0 saturated carbocycles. The minimum Gasteiger partial charge on any atom is -0.481 e. The first-order valence-electron chi connectivity index (χ1n) is 5.64. The van der Waals surface area contributed by atoms with Gasteiger partial charge in [0, 0.05) is 17.7 Å². The maximum absolute atomic E-state index is 10.5. The molecule has 0 bridgehead atoms. The molecule has 0 amide bonds. The number of carboxylic acids is 1. The lowest BCUT2D eigenvalue weighted by molar-refractivity contribution is -0.136. The summed E-state index contributed by atoms with van der Waals surface area (Å²) < 4.78 is 1.16. The molecule has 0 radical (unpaired) electrons. The topological polar surface area (TPSA) is 50.2 Å². The maximum atomic E-state index is 10.5. The Kier molecular flexibility index (Phi) is 4.04. The highest BCUT2D eigenvalue weighted by Gasteiger charge is 2.08. The van der Waals surface area contributed by atoms with Gasteiger partial charge in [-0.2, -0.15) is 0 Å². The summed E-state index contributed by atoms with van der Waals surface area (Å²) in [5.41, 5.74) is 2.20. The average Bonchev–Trinajstić information content (AvgIpc) is 2.67. The normalized spacial score (nSPS) is 10.7. The minimum absolute atomic E-state index is 0.100. The molecule has 94 valence electrons. The van der Waals surface area contributed by atoms with E-state index < -0.39 is 5.97 Å². The zero-order valence-corrected chi connectivity index (χ0v) is 11.6. The number of aliphatic carboxylic acids is 1. The van der Waals surface area contributed by atoms with Crippen LogP contribution in [-0.2, 0) is 11.2 Å². The van der Waals surface area contributed by atoms with Gasteiger partial charge in [0.1, 0.15) is 0 Å². The van der Waals surface area contributed by atoms with E-state index in [1.807, 2.05) is 12.1 Å². The number of aromatic nitrogens is 1. The van der Waals surface area contributed by atoms with E-state index in [0.717, 1.165) is 20.1 Å². The Labute approximate surface area is 114 Å². The lowest BCUT2D eigenvalue weighted by Gasteiger charge is -1.97. The quantitative estimate of drug-likeness (QED) is 0.852. The van der Waals surface area contributed by atoms with Gasteiger partial charge in [-0.1, -0.05) is 18.3 Å². The Morgan fingerprint density at radius 2 is 2.22 bits per heavy atom. The molecule has 1 heterocycles. The molecule has 3 nitrogen and oxygen atoms in total. The standard InChI is InChI=1S/C13H13NO2S2/c1-8-2-4-10-11(6-8)18-12(14-10)7-9(17)3-5-13(15)16/h2,4,6H,3,5,7H2,1H3,(H,15,16). The number of hydrogen-bond donors (Lipinski definition) is 1. The molecule has 1 aromatic carbocycles. The van der Waals surface area contributed by atoms with Gasteiger partial charge in [0.25, 0.3) is 0 Å². The molecule has 5 heteroatoms. The van der Waals surface area contributed by atoms with Gasteiger partial charge in [0.2, 0.25) is 0 Å². The van der Waals surface area contributed by atoms with Crippen molar-refractivity contribution < 1.29 is 9.90 Å². The van der Waals surface area contributed by atoms with Crippen molar-refractivity contribution in [2.24, 2.45) is 0 Å². The van der Waals surface area contributed by atoms with Crippen LogP contribution in [0.25, 0.3) is 10.2 Å². The van der Waals surface area contributed by atoms with Gasteiger partial charge >= 0.3 is 5.97 Å². The molecule has 0 saturated heterocycles. The van der Waals surface area contributed by atoms with Crippen LogP contribution in [0.4, 0.5) is 0 Å². The molecule has 1 N–H and O–H groups in total. The maximum Gasteiger partial charge on any atom is 0.303 e.